The zero-order chi connectivity index (χ0) is 7.98. The molecule has 0 unspecified atom stereocenters. The molecule has 10 heavy (non-hydrogen) atoms. The van der Waals surface area contributed by atoms with Gasteiger partial charge in [0.25, 0.3) is 0 Å². The largest absolute Gasteiger partial charge is 0.395 e. The van der Waals surface area contributed by atoms with Crippen molar-refractivity contribution in [2.75, 3.05) is 13.2 Å². The van der Waals surface area contributed by atoms with Crippen molar-refractivity contribution in [3.63, 3.8) is 0 Å². The summed E-state index contributed by atoms with van der Waals surface area (Å²) in [5.74, 6) is 4.40. The monoisotopic (exact) mass is 146 g/mol. The molecule has 0 bridgehead atoms. The number of rotatable bonds is 4. The molecular weight excluding hydrogens is 136 g/mol. The van der Waals surface area contributed by atoms with Gasteiger partial charge in [-0.2, -0.15) is 0 Å². The van der Waals surface area contributed by atoms with E-state index in [0.29, 0.717) is 0 Å². The van der Waals surface area contributed by atoms with Gasteiger partial charge in [0.05, 0.1) is 13.2 Å². The van der Waals surface area contributed by atoms with E-state index in [-0.39, 0.29) is 13.2 Å². The Labute approximate surface area is 58.6 Å². The highest BCUT2D eigenvalue weighted by atomic mass is 16.7. The van der Waals surface area contributed by atoms with Crippen LogP contribution in [0.2, 0.25) is 0 Å². The van der Waals surface area contributed by atoms with Gasteiger partial charge in [0, 0.05) is 6.08 Å². The third-order valence-electron chi connectivity index (χ3n) is 0.694. The number of hydrogen-bond donors (Lipinski definition) is 2. The predicted octanol–water partition coefficient (Wildman–Crippen LogP) is -1.20. The van der Waals surface area contributed by atoms with Gasteiger partial charge in [-0.15, -0.1) is 0 Å². The summed E-state index contributed by atoms with van der Waals surface area (Å²) in [7, 11) is 0. The fourth-order valence-corrected chi connectivity index (χ4v) is 0.297. The standard InChI is InChI=1S/C5H10N2O3/c1-2-5(9)10-7(6)3-4-8/h2,8H,1,3-4,6H2. The van der Waals surface area contributed by atoms with Gasteiger partial charge in [-0.3, -0.25) is 0 Å². The summed E-state index contributed by atoms with van der Waals surface area (Å²) in [6.45, 7) is 3.07. The number of hydrazine groups is 1. The lowest BCUT2D eigenvalue weighted by molar-refractivity contribution is -0.187. The Balaban J connectivity index is 3.46. The molecule has 0 atom stereocenters. The highest BCUT2D eigenvalue weighted by Gasteiger charge is 2.01. The minimum atomic E-state index is -0.643. The summed E-state index contributed by atoms with van der Waals surface area (Å²) in [6.07, 6.45) is 0.983. The van der Waals surface area contributed by atoms with Crippen LogP contribution < -0.4 is 5.84 Å². The lowest BCUT2D eigenvalue weighted by Crippen LogP contribution is -2.35. The first-order valence-electron chi connectivity index (χ1n) is 2.68. The van der Waals surface area contributed by atoms with Crippen molar-refractivity contribution in [2.45, 2.75) is 0 Å². The number of hydrogen-bond acceptors (Lipinski definition) is 5. The summed E-state index contributed by atoms with van der Waals surface area (Å²) in [6, 6.07) is 0. The third-order valence-corrected chi connectivity index (χ3v) is 0.694. The van der Waals surface area contributed by atoms with Gasteiger partial charge in [0.1, 0.15) is 0 Å². The highest BCUT2D eigenvalue weighted by Crippen LogP contribution is 1.81. The highest BCUT2D eigenvalue weighted by molar-refractivity contribution is 5.80. The maximum absolute atomic E-state index is 10.4. The van der Waals surface area contributed by atoms with Crippen molar-refractivity contribution in [3.8, 4) is 0 Å². The SMILES string of the molecule is C=CC(=O)ON(N)CCO. The minimum Gasteiger partial charge on any atom is -0.395 e. The van der Waals surface area contributed by atoms with Crippen molar-refractivity contribution in [2.24, 2.45) is 5.84 Å². The van der Waals surface area contributed by atoms with Crippen LogP contribution in [0.25, 0.3) is 0 Å². The van der Waals surface area contributed by atoms with E-state index in [1.165, 1.54) is 0 Å². The maximum atomic E-state index is 10.4. The molecule has 0 spiro atoms. The van der Waals surface area contributed by atoms with E-state index in [1.54, 1.807) is 0 Å². The van der Waals surface area contributed by atoms with Gasteiger partial charge < -0.3 is 9.94 Å². The van der Waals surface area contributed by atoms with Crippen molar-refractivity contribution in [1.82, 2.24) is 5.17 Å². The number of nitrogens with zero attached hydrogens (tertiary/aromatic N) is 1. The third kappa shape index (κ3) is 4.02. The predicted molar refractivity (Wildman–Crippen MR) is 34.3 cm³/mol. The molecule has 0 heterocycles. The Kier molecular flexibility index (Phi) is 4.47. The molecule has 0 amide bonds. The van der Waals surface area contributed by atoms with Crippen molar-refractivity contribution >= 4 is 5.97 Å². The van der Waals surface area contributed by atoms with Crippen LogP contribution in [0.4, 0.5) is 0 Å². The second kappa shape index (κ2) is 4.92. The van der Waals surface area contributed by atoms with Crippen LogP contribution in [0, 0.1) is 0 Å². The fraction of sp³-hybridized carbons (Fsp3) is 0.400. The lowest BCUT2D eigenvalue weighted by Gasteiger charge is -2.11. The lowest BCUT2D eigenvalue weighted by atomic mass is 10.7. The minimum absolute atomic E-state index is 0.0829. The normalized spacial score (nSPS) is 9.50. The summed E-state index contributed by atoms with van der Waals surface area (Å²) >= 11 is 0. The molecule has 0 aliphatic heterocycles. The van der Waals surface area contributed by atoms with Crippen LogP contribution in [0.15, 0.2) is 12.7 Å². The smallest absolute Gasteiger partial charge is 0.350 e. The number of aliphatic hydroxyl groups is 1. The molecule has 0 aromatic rings. The van der Waals surface area contributed by atoms with Crippen LogP contribution in [0.5, 0.6) is 0 Å². The second-order valence-corrected chi connectivity index (χ2v) is 1.48. The average molecular weight is 146 g/mol. The molecule has 0 rings (SSSR count). The topological polar surface area (TPSA) is 75.8 Å². The average Bonchev–Trinajstić information content (AvgIpc) is 1.88. The molecule has 0 fully saturated rings. The van der Waals surface area contributed by atoms with Crippen LogP contribution in [-0.4, -0.2) is 29.4 Å². The Morgan fingerprint density at radius 1 is 1.90 bits per heavy atom. The molecule has 0 radical (unpaired) electrons. The number of carbonyl (C=O) groups excluding carboxylic acids is 1. The first-order valence-corrected chi connectivity index (χ1v) is 2.68. The van der Waals surface area contributed by atoms with Crippen LogP contribution in [0.3, 0.4) is 0 Å². The van der Waals surface area contributed by atoms with Crippen molar-refractivity contribution in [1.29, 1.82) is 0 Å². The van der Waals surface area contributed by atoms with Crippen LogP contribution in [-0.2, 0) is 9.63 Å². The quantitative estimate of drug-likeness (QED) is 0.296. The van der Waals surface area contributed by atoms with Gasteiger partial charge >= 0.3 is 5.97 Å². The number of carbonyl (C=O) groups is 1. The van der Waals surface area contributed by atoms with Gasteiger partial charge in [-0.1, -0.05) is 11.8 Å². The zero-order valence-corrected chi connectivity index (χ0v) is 5.49. The van der Waals surface area contributed by atoms with E-state index in [4.69, 9.17) is 10.9 Å². The molecule has 0 aromatic carbocycles. The zero-order valence-electron chi connectivity index (χ0n) is 5.49. The summed E-state index contributed by atoms with van der Waals surface area (Å²) in [5.41, 5.74) is 0. The van der Waals surface area contributed by atoms with E-state index >= 15 is 0 Å². The molecule has 3 N–H and O–H groups in total. The molecule has 0 aliphatic rings. The summed E-state index contributed by atoms with van der Waals surface area (Å²) in [4.78, 5) is 14.7. The van der Waals surface area contributed by atoms with Crippen LogP contribution in [0.1, 0.15) is 0 Å². The molecule has 58 valence electrons. The number of aliphatic hydroxyl groups excluding tert-OH is 1. The second-order valence-electron chi connectivity index (χ2n) is 1.48. The van der Waals surface area contributed by atoms with Gasteiger partial charge in [-0.25, -0.2) is 10.6 Å². The van der Waals surface area contributed by atoms with E-state index in [9.17, 15) is 4.79 Å². The summed E-state index contributed by atoms with van der Waals surface area (Å²) < 4.78 is 0. The molecule has 0 aliphatic carbocycles. The first-order chi connectivity index (χ1) is 4.70. The van der Waals surface area contributed by atoms with Crippen LogP contribution >= 0.6 is 0 Å². The van der Waals surface area contributed by atoms with Crippen molar-refractivity contribution < 1.29 is 14.7 Å². The number of nitrogens with two attached hydrogens (primary N) is 1. The number of hydroxylamine groups is 1. The first kappa shape index (κ1) is 9.09. The molecule has 0 aromatic heterocycles. The Hall–Kier alpha value is -0.910. The fourth-order valence-electron chi connectivity index (χ4n) is 0.297. The Morgan fingerprint density at radius 2 is 2.50 bits per heavy atom. The van der Waals surface area contributed by atoms with Gasteiger partial charge in [-0.05, 0) is 0 Å². The van der Waals surface area contributed by atoms with E-state index < -0.39 is 5.97 Å². The van der Waals surface area contributed by atoms with E-state index in [1.807, 2.05) is 0 Å². The van der Waals surface area contributed by atoms with E-state index in [2.05, 4.69) is 11.4 Å². The maximum Gasteiger partial charge on any atom is 0.350 e. The van der Waals surface area contributed by atoms with Crippen molar-refractivity contribution in [3.05, 3.63) is 12.7 Å². The Bertz CT molecular complexity index is 126. The molecule has 5 nitrogen and oxygen atoms in total. The van der Waals surface area contributed by atoms with Gasteiger partial charge in [0.15, 0.2) is 0 Å². The molecule has 0 saturated carbocycles. The van der Waals surface area contributed by atoms with Gasteiger partial charge in [0.2, 0.25) is 0 Å². The molecule has 0 saturated heterocycles. The Morgan fingerprint density at radius 3 is 2.90 bits per heavy atom. The van der Waals surface area contributed by atoms with E-state index in [0.717, 1.165) is 11.2 Å². The molecule has 5 heteroatoms. The molecular formula is C5H10N2O3. The summed E-state index contributed by atoms with van der Waals surface area (Å²) in [5, 5.41) is 9.02.